The number of hydrogen-bond acceptors (Lipinski definition) is 1. The van der Waals surface area contributed by atoms with E-state index in [9.17, 15) is 9.18 Å². The van der Waals surface area contributed by atoms with Crippen LogP contribution in [0.3, 0.4) is 0 Å². The summed E-state index contributed by atoms with van der Waals surface area (Å²) < 4.78 is 12.9. The van der Waals surface area contributed by atoms with Gasteiger partial charge in [0.2, 0.25) is 0 Å². The number of halogens is 1. The summed E-state index contributed by atoms with van der Waals surface area (Å²) in [5.41, 5.74) is 1.42. The van der Waals surface area contributed by atoms with E-state index in [0.717, 1.165) is 18.4 Å². The van der Waals surface area contributed by atoms with Gasteiger partial charge >= 0.3 is 0 Å². The number of Topliss-reactive ketones (excluding diaryl/α,β-unsaturated/α-hetero) is 1. The van der Waals surface area contributed by atoms with E-state index in [0.29, 0.717) is 17.9 Å². The SMILES string of the molecule is Cc1ccc(F)cc1C(=O)CC1CC1. The molecule has 1 aliphatic rings. The monoisotopic (exact) mass is 192 g/mol. The average molecular weight is 192 g/mol. The molecule has 0 unspecified atom stereocenters. The molecule has 0 atom stereocenters. The molecule has 1 fully saturated rings. The summed E-state index contributed by atoms with van der Waals surface area (Å²) in [6.07, 6.45) is 2.89. The topological polar surface area (TPSA) is 17.1 Å². The number of benzene rings is 1. The molecule has 0 aromatic heterocycles. The Bertz CT molecular complexity index is 367. The largest absolute Gasteiger partial charge is 0.294 e. The van der Waals surface area contributed by atoms with Gasteiger partial charge in [0, 0.05) is 12.0 Å². The van der Waals surface area contributed by atoms with Crippen LogP contribution in [0.15, 0.2) is 18.2 Å². The number of aryl methyl sites for hydroxylation is 1. The van der Waals surface area contributed by atoms with Gasteiger partial charge in [-0.3, -0.25) is 4.79 Å². The van der Waals surface area contributed by atoms with Crippen LogP contribution in [0.2, 0.25) is 0 Å². The Hall–Kier alpha value is -1.18. The van der Waals surface area contributed by atoms with E-state index in [1.165, 1.54) is 12.1 Å². The van der Waals surface area contributed by atoms with Crippen LogP contribution in [-0.2, 0) is 0 Å². The van der Waals surface area contributed by atoms with Gasteiger partial charge in [-0.05, 0) is 43.4 Å². The van der Waals surface area contributed by atoms with Crippen molar-refractivity contribution >= 4 is 5.78 Å². The first-order valence-electron chi connectivity index (χ1n) is 4.96. The van der Waals surface area contributed by atoms with Crippen molar-refractivity contribution in [2.45, 2.75) is 26.2 Å². The van der Waals surface area contributed by atoms with Gasteiger partial charge in [0.15, 0.2) is 5.78 Å². The van der Waals surface area contributed by atoms with E-state index < -0.39 is 0 Å². The van der Waals surface area contributed by atoms with E-state index in [-0.39, 0.29) is 11.6 Å². The molecule has 1 aromatic rings. The quantitative estimate of drug-likeness (QED) is 0.672. The zero-order chi connectivity index (χ0) is 10.1. The Morgan fingerprint density at radius 2 is 2.21 bits per heavy atom. The normalized spacial score (nSPS) is 15.6. The highest BCUT2D eigenvalue weighted by atomic mass is 19.1. The minimum atomic E-state index is -0.324. The van der Waals surface area contributed by atoms with Gasteiger partial charge in [-0.2, -0.15) is 0 Å². The van der Waals surface area contributed by atoms with E-state index in [1.807, 2.05) is 6.92 Å². The molecule has 0 N–H and O–H groups in total. The highest BCUT2D eigenvalue weighted by molar-refractivity contribution is 5.97. The highest BCUT2D eigenvalue weighted by Gasteiger charge is 2.25. The Labute approximate surface area is 82.9 Å². The number of carbonyl (C=O) groups is 1. The average Bonchev–Trinajstić information content (AvgIpc) is 2.93. The first-order chi connectivity index (χ1) is 6.66. The minimum Gasteiger partial charge on any atom is -0.294 e. The standard InChI is InChI=1S/C12H13FO/c1-8-2-5-10(13)7-11(8)12(14)6-9-3-4-9/h2,5,7,9H,3-4,6H2,1H3. The summed E-state index contributed by atoms with van der Waals surface area (Å²) >= 11 is 0. The molecular weight excluding hydrogens is 179 g/mol. The van der Waals surface area contributed by atoms with Crippen molar-refractivity contribution in [2.75, 3.05) is 0 Å². The van der Waals surface area contributed by atoms with Crippen LogP contribution in [-0.4, -0.2) is 5.78 Å². The Kier molecular flexibility index (Phi) is 2.36. The van der Waals surface area contributed by atoms with Gasteiger partial charge < -0.3 is 0 Å². The van der Waals surface area contributed by atoms with Crippen molar-refractivity contribution in [3.8, 4) is 0 Å². The summed E-state index contributed by atoms with van der Waals surface area (Å²) in [6.45, 7) is 1.85. The molecule has 0 spiro atoms. The summed E-state index contributed by atoms with van der Waals surface area (Å²) in [7, 11) is 0. The summed E-state index contributed by atoms with van der Waals surface area (Å²) in [6, 6.07) is 4.40. The number of hydrogen-bond donors (Lipinski definition) is 0. The molecule has 2 rings (SSSR count). The van der Waals surface area contributed by atoms with Gasteiger partial charge in [0.25, 0.3) is 0 Å². The van der Waals surface area contributed by atoms with E-state index in [2.05, 4.69) is 0 Å². The van der Waals surface area contributed by atoms with Crippen LogP contribution in [0.4, 0.5) is 4.39 Å². The van der Waals surface area contributed by atoms with Gasteiger partial charge in [-0.25, -0.2) is 4.39 Å². The number of ketones is 1. The maximum Gasteiger partial charge on any atom is 0.163 e. The van der Waals surface area contributed by atoms with Crippen molar-refractivity contribution in [1.82, 2.24) is 0 Å². The van der Waals surface area contributed by atoms with Crippen molar-refractivity contribution < 1.29 is 9.18 Å². The lowest BCUT2D eigenvalue weighted by molar-refractivity contribution is 0.0975. The number of rotatable bonds is 3. The van der Waals surface area contributed by atoms with Gasteiger partial charge in [-0.1, -0.05) is 6.07 Å². The Balaban J connectivity index is 2.20. The Morgan fingerprint density at radius 1 is 1.50 bits per heavy atom. The summed E-state index contributed by atoms with van der Waals surface area (Å²) in [5, 5.41) is 0. The molecule has 0 bridgehead atoms. The molecule has 2 heteroatoms. The molecule has 1 aliphatic carbocycles. The highest BCUT2D eigenvalue weighted by Crippen LogP contribution is 2.33. The Morgan fingerprint density at radius 3 is 2.86 bits per heavy atom. The second kappa shape index (κ2) is 3.52. The summed E-state index contributed by atoms with van der Waals surface area (Å²) in [5.74, 6) is 0.324. The molecule has 1 nitrogen and oxygen atoms in total. The summed E-state index contributed by atoms with van der Waals surface area (Å²) in [4.78, 5) is 11.7. The van der Waals surface area contributed by atoms with Crippen LogP contribution in [0.1, 0.15) is 35.2 Å². The van der Waals surface area contributed by atoms with Crippen molar-refractivity contribution in [2.24, 2.45) is 5.92 Å². The minimum absolute atomic E-state index is 0.0875. The third-order valence-corrected chi connectivity index (χ3v) is 2.67. The van der Waals surface area contributed by atoms with E-state index >= 15 is 0 Å². The van der Waals surface area contributed by atoms with Gasteiger partial charge in [0.1, 0.15) is 5.82 Å². The van der Waals surface area contributed by atoms with Gasteiger partial charge in [-0.15, -0.1) is 0 Å². The fraction of sp³-hybridized carbons (Fsp3) is 0.417. The first-order valence-corrected chi connectivity index (χ1v) is 4.96. The fourth-order valence-electron chi connectivity index (χ4n) is 1.59. The number of carbonyl (C=O) groups excluding carboxylic acids is 1. The molecule has 0 heterocycles. The zero-order valence-corrected chi connectivity index (χ0v) is 8.22. The maximum atomic E-state index is 12.9. The third-order valence-electron chi connectivity index (χ3n) is 2.67. The predicted octanol–water partition coefficient (Wildman–Crippen LogP) is 3.12. The zero-order valence-electron chi connectivity index (χ0n) is 8.22. The second-order valence-electron chi connectivity index (χ2n) is 4.03. The lowest BCUT2D eigenvalue weighted by atomic mass is 10.0. The predicted molar refractivity (Wildman–Crippen MR) is 52.8 cm³/mol. The second-order valence-corrected chi connectivity index (χ2v) is 4.03. The van der Waals surface area contributed by atoms with Crippen LogP contribution < -0.4 is 0 Å². The van der Waals surface area contributed by atoms with Crippen LogP contribution in [0, 0.1) is 18.7 Å². The van der Waals surface area contributed by atoms with Crippen molar-refractivity contribution in [3.05, 3.63) is 35.1 Å². The molecule has 0 saturated heterocycles. The molecule has 0 aliphatic heterocycles. The third kappa shape index (κ3) is 2.00. The lowest BCUT2D eigenvalue weighted by Crippen LogP contribution is -2.03. The molecule has 1 saturated carbocycles. The molecule has 0 radical (unpaired) electrons. The van der Waals surface area contributed by atoms with Crippen LogP contribution >= 0.6 is 0 Å². The van der Waals surface area contributed by atoms with E-state index in [1.54, 1.807) is 6.07 Å². The maximum absolute atomic E-state index is 12.9. The lowest BCUT2D eigenvalue weighted by Gasteiger charge is -2.03. The molecule has 74 valence electrons. The van der Waals surface area contributed by atoms with E-state index in [4.69, 9.17) is 0 Å². The molecular formula is C12H13FO. The molecule has 14 heavy (non-hydrogen) atoms. The fourth-order valence-corrected chi connectivity index (χ4v) is 1.59. The van der Waals surface area contributed by atoms with Crippen molar-refractivity contribution in [3.63, 3.8) is 0 Å². The molecule has 1 aromatic carbocycles. The van der Waals surface area contributed by atoms with Crippen LogP contribution in [0.25, 0.3) is 0 Å². The van der Waals surface area contributed by atoms with Gasteiger partial charge in [0.05, 0.1) is 0 Å². The first kappa shape index (κ1) is 9.38. The molecule has 0 amide bonds. The van der Waals surface area contributed by atoms with Crippen LogP contribution in [0.5, 0.6) is 0 Å². The van der Waals surface area contributed by atoms with Crippen molar-refractivity contribution in [1.29, 1.82) is 0 Å². The smallest absolute Gasteiger partial charge is 0.163 e.